The molecular formula is C15H32N2O4S. The van der Waals surface area contributed by atoms with Gasteiger partial charge in [0.2, 0.25) is 0 Å². The summed E-state index contributed by atoms with van der Waals surface area (Å²) in [6, 6.07) is 0. The van der Waals surface area contributed by atoms with Crippen molar-refractivity contribution in [1.82, 2.24) is 9.21 Å². The normalized spacial score (nSPS) is 18.2. The molecule has 0 aromatic heterocycles. The van der Waals surface area contributed by atoms with Gasteiger partial charge < -0.3 is 9.64 Å². The van der Waals surface area contributed by atoms with Crippen LogP contribution in [0.15, 0.2) is 0 Å². The second-order valence-electron chi connectivity index (χ2n) is 5.89. The summed E-state index contributed by atoms with van der Waals surface area (Å²) in [7, 11) is -4.02. The summed E-state index contributed by atoms with van der Waals surface area (Å²) in [5.74, 6) is 0. The van der Waals surface area contributed by atoms with Crippen LogP contribution in [0.25, 0.3) is 0 Å². The Balaban J connectivity index is 1.98. The molecule has 0 aromatic rings. The van der Waals surface area contributed by atoms with Gasteiger partial charge in [0, 0.05) is 19.7 Å². The van der Waals surface area contributed by atoms with Crippen LogP contribution in [-0.4, -0.2) is 67.6 Å². The zero-order valence-electron chi connectivity index (χ0n) is 14.0. The number of rotatable bonds is 11. The predicted molar refractivity (Wildman–Crippen MR) is 88.4 cm³/mol. The van der Waals surface area contributed by atoms with E-state index in [0.717, 1.165) is 30.4 Å². The van der Waals surface area contributed by atoms with E-state index in [1.807, 2.05) is 0 Å². The molecule has 1 aliphatic heterocycles. The number of hydrogen-bond acceptors (Lipinski definition) is 4. The number of nitrogens with zero attached hydrogens (tertiary/aromatic N) is 2. The van der Waals surface area contributed by atoms with Gasteiger partial charge in [-0.2, -0.15) is 12.7 Å². The van der Waals surface area contributed by atoms with E-state index in [2.05, 4.69) is 18.7 Å². The van der Waals surface area contributed by atoms with E-state index in [1.165, 1.54) is 25.8 Å². The van der Waals surface area contributed by atoms with Gasteiger partial charge in [0.05, 0.1) is 6.10 Å². The third kappa shape index (κ3) is 7.87. The molecule has 6 nitrogen and oxygen atoms in total. The minimum absolute atomic E-state index is 0.133. The third-order valence-electron chi connectivity index (χ3n) is 4.34. The SMILES string of the molecule is CCN(CC)CCCCCCOC1CCN(S(=O)(=O)O)CC1. The Kier molecular flexibility index (Phi) is 9.51. The second-order valence-corrected chi connectivity index (χ2v) is 7.30. The van der Waals surface area contributed by atoms with Gasteiger partial charge in [-0.05, 0) is 45.3 Å². The molecule has 0 aliphatic carbocycles. The molecule has 0 unspecified atom stereocenters. The van der Waals surface area contributed by atoms with Crippen molar-refractivity contribution in [3.8, 4) is 0 Å². The average Bonchev–Trinajstić information content (AvgIpc) is 2.50. The molecule has 22 heavy (non-hydrogen) atoms. The fourth-order valence-electron chi connectivity index (χ4n) is 2.81. The van der Waals surface area contributed by atoms with E-state index in [0.29, 0.717) is 25.9 Å². The van der Waals surface area contributed by atoms with Crippen LogP contribution >= 0.6 is 0 Å². The molecule has 0 aromatic carbocycles. The second kappa shape index (κ2) is 10.5. The summed E-state index contributed by atoms with van der Waals surface area (Å²) in [4.78, 5) is 2.44. The molecule has 1 fully saturated rings. The van der Waals surface area contributed by atoms with Gasteiger partial charge in [-0.15, -0.1) is 0 Å². The maximum absolute atomic E-state index is 11.0. The maximum Gasteiger partial charge on any atom is 0.335 e. The minimum Gasteiger partial charge on any atom is -0.378 e. The lowest BCUT2D eigenvalue weighted by Gasteiger charge is -2.29. The van der Waals surface area contributed by atoms with E-state index in [-0.39, 0.29) is 6.10 Å². The number of ether oxygens (including phenoxy) is 1. The van der Waals surface area contributed by atoms with E-state index in [9.17, 15) is 8.42 Å². The summed E-state index contributed by atoms with van der Waals surface area (Å²) >= 11 is 0. The molecule has 132 valence electrons. The van der Waals surface area contributed by atoms with Gasteiger partial charge in [0.15, 0.2) is 0 Å². The van der Waals surface area contributed by atoms with Gasteiger partial charge in [-0.1, -0.05) is 26.7 Å². The molecule has 0 spiro atoms. The first-order chi connectivity index (χ1) is 10.5. The Morgan fingerprint density at radius 2 is 1.68 bits per heavy atom. The standard InChI is InChI=1S/C15H32N2O4S/c1-3-16(4-2)11-7-5-6-8-14-21-15-9-12-17(13-10-15)22(18,19)20/h15H,3-14H2,1-2H3,(H,18,19,20). The third-order valence-corrected chi connectivity index (χ3v) is 5.36. The fraction of sp³-hybridized carbons (Fsp3) is 1.00. The van der Waals surface area contributed by atoms with E-state index in [4.69, 9.17) is 9.29 Å². The molecule has 1 heterocycles. The van der Waals surface area contributed by atoms with Crippen LogP contribution in [0.4, 0.5) is 0 Å². The maximum atomic E-state index is 11.0. The lowest BCUT2D eigenvalue weighted by atomic mass is 10.1. The number of unbranched alkanes of at least 4 members (excludes halogenated alkanes) is 3. The Labute approximate surface area is 135 Å². The molecule has 1 rings (SSSR count). The van der Waals surface area contributed by atoms with Gasteiger partial charge >= 0.3 is 10.3 Å². The molecule has 7 heteroatoms. The summed E-state index contributed by atoms with van der Waals surface area (Å²) in [5, 5.41) is 0. The molecule has 0 atom stereocenters. The van der Waals surface area contributed by atoms with Crippen molar-refractivity contribution in [2.45, 2.75) is 58.5 Å². The lowest BCUT2D eigenvalue weighted by Crippen LogP contribution is -2.40. The van der Waals surface area contributed by atoms with Gasteiger partial charge in [0.1, 0.15) is 0 Å². The number of hydrogen-bond donors (Lipinski definition) is 1. The first kappa shape index (κ1) is 19.8. The first-order valence-corrected chi connectivity index (χ1v) is 9.93. The number of piperidine rings is 1. The van der Waals surface area contributed by atoms with E-state index < -0.39 is 10.3 Å². The molecule has 1 aliphatic rings. The van der Waals surface area contributed by atoms with Crippen molar-refractivity contribution in [2.24, 2.45) is 0 Å². The zero-order valence-corrected chi connectivity index (χ0v) is 14.9. The van der Waals surface area contributed by atoms with Crippen LogP contribution in [0.2, 0.25) is 0 Å². The average molecular weight is 336 g/mol. The van der Waals surface area contributed by atoms with Gasteiger partial charge in [-0.25, -0.2) is 0 Å². The van der Waals surface area contributed by atoms with Crippen molar-refractivity contribution < 1.29 is 17.7 Å². The highest BCUT2D eigenvalue weighted by molar-refractivity contribution is 7.83. The Morgan fingerprint density at radius 3 is 2.23 bits per heavy atom. The summed E-state index contributed by atoms with van der Waals surface area (Å²) < 4.78 is 37.8. The molecule has 0 saturated carbocycles. The first-order valence-electron chi connectivity index (χ1n) is 8.53. The van der Waals surface area contributed by atoms with Crippen LogP contribution in [0, 0.1) is 0 Å². The monoisotopic (exact) mass is 336 g/mol. The highest BCUT2D eigenvalue weighted by Gasteiger charge is 2.26. The Bertz CT molecular complexity index is 377. The molecule has 1 saturated heterocycles. The zero-order chi connectivity index (χ0) is 16.4. The van der Waals surface area contributed by atoms with Crippen molar-refractivity contribution in [1.29, 1.82) is 0 Å². The van der Waals surface area contributed by atoms with Crippen molar-refractivity contribution in [3.63, 3.8) is 0 Å². The van der Waals surface area contributed by atoms with Crippen LogP contribution in [-0.2, 0) is 15.0 Å². The highest BCUT2D eigenvalue weighted by Crippen LogP contribution is 2.16. The van der Waals surface area contributed by atoms with Crippen LogP contribution in [0.5, 0.6) is 0 Å². The molecular weight excluding hydrogens is 304 g/mol. The van der Waals surface area contributed by atoms with Crippen molar-refractivity contribution >= 4 is 10.3 Å². The quantitative estimate of drug-likeness (QED) is 0.462. The minimum atomic E-state index is -4.02. The smallest absolute Gasteiger partial charge is 0.335 e. The summed E-state index contributed by atoms with van der Waals surface area (Å²) in [5.41, 5.74) is 0. The van der Waals surface area contributed by atoms with Crippen molar-refractivity contribution in [2.75, 3.05) is 39.3 Å². The van der Waals surface area contributed by atoms with Crippen molar-refractivity contribution in [3.05, 3.63) is 0 Å². The topological polar surface area (TPSA) is 70.1 Å². The largest absolute Gasteiger partial charge is 0.378 e. The van der Waals surface area contributed by atoms with E-state index in [1.54, 1.807) is 0 Å². The predicted octanol–water partition coefficient (Wildman–Crippen LogP) is 2.17. The molecule has 0 amide bonds. The van der Waals surface area contributed by atoms with E-state index >= 15 is 0 Å². The van der Waals surface area contributed by atoms with Crippen LogP contribution in [0.3, 0.4) is 0 Å². The van der Waals surface area contributed by atoms with Gasteiger partial charge in [0.25, 0.3) is 0 Å². The van der Waals surface area contributed by atoms with Crippen LogP contribution in [0.1, 0.15) is 52.4 Å². The summed E-state index contributed by atoms with van der Waals surface area (Å²) in [6.45, 7) is 9.30. The lowest BCUT2D eigenvalue weighted by molar-refractivity contribution is 0.0181. The fourth-order valence-corrected chi connectivity index (χ4v) is 3.48. The Hall–Kier alpha value is -0.210. The van der Waals surface area contributed by atoms with Gasteiger partial charge in [-0.3, -0.25) is 4.55 Å². The molecule has 0 bridgehead atoms. The molecule has 0 radical (unpaired) electrons. The van der Waals surface area contributed by atoms with Crippen LogP contribution < -0.4 is 0 Å². The highest BCUT2D eigenvalue weighted by atomic mass is 32.2. The molecule has 1 N–H and O–H groups in total. The summed E-state index contributed by atoms with van der Waals surface area (Å²) in [6.07, 6.45) is 6.20. The Morgan fingerprint density at radius 1 is 1.09 bits per heavy atom.